The molecule has 0 aromatic carbocycles. The summed E-state index contributed by atoms with van der Waals surface area (Å²) in [5.41, 5.74) is 5.76. The number of terminal acetylenes is 1. The Morgan fingerprint density at radius 2 is 2.08 bits per heavy atom. The molecule has 0 aliphatic heterocycles. The van der Waals surface area contributed by atoms with Crippen molar-refractivity contribution < 1.29 is 0 Å². The largest absolute Gasteiger partial charge is 0.328 e. The zero-order valence-electron chi connectivity index (χ0n) is 8.38. The molecule has 0 aliphatic rings. The lowest BCUT2D eigenvalue weighted by molar-refractivity contribution is 0.260. The lowest BCUT2D eigenvalue weighted by atomic mass is 10.0. The third-order valence-electron chi connectivity index (χ3n) is 2.21. The quantitative estimate of drug-likeness (QED) is 0.619. The third kappa shape index (κ3) is 4.38. The minimum Gasteiger partial charge on any atom is -0.328 e. The van der Waals surface area contributed by atoms with Crippen LogP contribution in [0, 0.1) is 18.3 Å². The predicted molar refractivity (Wildman–Crippen MR) is 53.8 cm³/mol. The summed E-state index contributed by atoms with van der Waals surface area (Å²) < 4.78 is 0. The fourth-order valence-corrected chi connectivity index (χ4v) is 1.01. The summed E-state index contributed by atoms with van der Waals surface area (Å²) in [4.78, 5) is 2.23. The van der Waals surface area contributed by atoms with Crippen molar-refractivity contribution >= 4 is 0 Å². The number of hydrogen-bond acceptors (Lipinski definition) is 2. The average Bonchev–Trinajstić information content (AvgIpc) is 2.03. The molecule has 0 radical (unpaired) electrons. The topological polar surface area (TPSA) is 29.3 Å². The Morgan fingerprint density at radius 3 is 2.42 bits per heavy atom. The van der Waals surface area contributed by atoms with E-state index >= 15 is 0 Å². The van der Waals surface area contributed by atoms with Crippen molar-refractivity contribution in [3.63, 3.8) is 0 Å². The predicted octanol–water partition coefficient (Wildman–Crippen LogP) is 0.925. The Kier molecular flexibility index (Phi) is 5.79. The lowest BCUT2D eigenvalue weighted by Gasteiger charge is -2.24. The van der Waals surface area contributed by atoms with Crippen LogP contribution in [0.5, 0.6) is 0 Å². The molecule has 2 heteroatoms. The minimum absolute atomic E-state index is 0.247. The van der Waals surface area contributed by atoms with Gasteiger partial charge in [0.25, 0.3) is 0 Å². The van der Waals surface area contributed by atoms with Crippen molar-refractivity contribution in [2.75, 3.05) is 19.6 Å². The van der Waals surface area contributed by atoms with Crippen LogP contribution in [-0.2, 0) is 0 Å². The molecule has 12 heavy (non-hydrogen) atoms. The fraction of sp³-hybridized carbons (Fsp3) is 0.800. The molecule has 0 fully saturated rings. The van der Waals surface area contributed by atoms with Gasteiger partial charge in [0.05, 0.1) is 6.54 Å². The first kappa shape index (κ1) is 11.5. The standard InChI is InChI=1S/C10H20N2/c1-5-7-12(6-2)8-9(3)10(4)11/h1,9-10H,6-8,11H2,2-4H3. The first-order valence-corrected chi connectivity index (χ1v) is 4.53. The van der Waals surface area contributed by atoms with Gasteiger partial charge in [-0.25, -0.2) is 0 Å². The number of rotatable bonds is 5. The van der Waals surface area contributed by atoms with Gasteiger partial charge in [0.2, 0.25) is 0 Å². The molecule has 70 valence electrons. The second-order valence-corrected chi connectivity index (χ2v) is 3.37. The summed E-state index contributed by atoms with van der Waals surface area (Å²) in [5, 5.41) is 0. The van der Waals surface area contributed by atoms with Gasteiger partial charge in [-0.2, -0.15) is 0 Å². The van der Waals surface area contributed by atoms with E-state index in [1.165, 1.54) is 0 Å². The lowest BCUT2D eigenvalue weighted by Crippen LogP contribution is -2.36. The van der Waals surface area contributed by atoms with Gasteiger partial charge in [0, 0.05) is 12.6 Å². The van der Waals surface area contributed by atoms with Crippen molar-refractivity contribution in [2.24, 2.45) is 11.7 Å². The molecule has 0 aromatic heterocycles. The van der Waals surface area contributed by atoms with Gasteiger partial charge in [-0.15, -0.1) is 6.42 Å². The molecule has 2 atom stereocenters. The molecule has 0 saturated carbocycles. The Balaban J connectivity index is 3.78. The van der Waals surface area contributed by atoms with E-state index in [0.717, 1.165) is 19.6 Å². The van der Waals surface area contributed by atoms with Crippen LogP contribution in [0.25, 0.3) is 0 Å². The van der Waals surface area contributed by atoms with Crippen molar-refractivity contribution in [1.82, 2.24) is 4.90 Å². The molecule has 0 saturated heterocycles. The highest BCUT2D eigenvalue weighted by Crippen LogP contribution is 2.02. The van der Waals surface area contributed by atoms with Gasteiger partial charge >= 0.3 is 0 Å². The van der Waals surface area contributed by atoms with E-state index in [2.05, 4.69) is 24.7 Å². The molecule has 0 rings (SSSR count). The maximum absolute atomic E-state index is 5.76. The van der Waals surface area contributed by atoms with Crippen LogP contribution in [0.15, 0.2) is 0 Å². The Labute approximate surface area is 76.1 Å². The summed E-state index contributed by atoms with van der Waals surface area (Å²) in [7, 11) is 0. The number of nitrogens with zero attached hydrogens (tertiary/aromatic N) is 1. The van der Waals surface area contributed by atoms with Gasteiger partial charge in [-0.05, 0) is 19.4 Å². The van der Waals surface area contributed by atoms with Crippen molar-refractivity contribution in [1.29, 1.82) is 0 Å². The van der Waals surface area contributed by atoms with E-state index in [-0.39, 0.29) is 6.04 Å². The molecule has 2 unspecified atom stereocenters. The van der Waals surface area contributed by atoms with Crippen LogP contribution >= 0.6 is 0 Å². The normalized spacial score (nSPS) is 15.7. The molecule has 0 heterocycles. The highest BCUT2D eigenvalue weighted by molar-refractivity contribution is 4.88. The second-order valence-electron chi connectivity index (χ2n) is 3.37. The Bertz CT molecular complexity index is 146. The average molecular weight is 168 g/mol. The molecular formula is C10H20N2. The fourth-order valence-electron chi connectivity index (χ4n) is 1.01. The van der Waals surface area contributed by atoms with E-state index < -0.39 is 0 Å². The molecule has 0 spiro atoms. The minimum atomic E-state index is 0.247. The first-order valence-electron chi connectivity index (χ1n) is 4.53. The smallest absolute Gasteiger partial charge is 0.0598 e. The molecule has 0 aromatic rings. The first-order chi connectivity index (χ1) is 5.61. The van der Waals surface area contributed by atoms with Crippen LogP contribution in [-0.4, -0.2) is 30.6 Å². The molecule has 0 bridgehead atoms. The van der Waals surface area contributed by atoms with E-state index in [1.54, 1.807) is 0 Å². The summed E-state index contributed by atoms with van der Waals surface area (Å²) in [6, 6.07) is 0.247. The maximum atomic E-state index is 5.76. The summed E-state index contributed by atoms with van der Waals surface area (Å²) >= 11 is 0. The van der Waals surface area contributed by atoms with E-state index in [1.807, 2.05) is 6.92 Å². The molecule has 2 nitrogen and oxygen atoms in total. The van der Waals surface area contributed by atoms with E-state index in [4.69, 9.17) is 12.2 Å². The zero-order valence-corrected chi connectivity index (χ0v) is 8.38. The van der Waals surface area contributed by atoms with Crippen LogP contribution in [0.2, 0.25) is 0 Å². The SMILES string of the molecule is C#CCN(CC)CC(C)C(C)N. The van der Waals surface area contributed by atoms with E-state index in [9.17, 15) is 0 Å². The monoisotopic (exact) mass is 168 g/mol. The Hall–Kier alpha value is -0.520. The highest BCUT2D eigenvalue weighted by atomic mass is 15.1. The van der Waals surface area contributed by atoms with Gasteiger partial charge in [-0.3, -0.25) is 4.90 Å². The van der Waals surface area contributed by atoms with Gasteiger partial charge in [0.15, 0.2) is 0 Å². The highest BCUT2D eigenvalue weighted by Gasteiger charge is 2.10. The van der Waals surface area contributed by atoms with Crippen molar-refractivity contribution in [3.05, 3.63) is 0 Å². The van der Waals surface area contributed by atoms with Gasteiger partial charge in [0.1, 0.15) is 0 Å². The second kappa shape index (κ2) is 6.05. The molecule has 0 amide bonds. The molecular weight excluding hydrogens is 148 g/mol. The number of nitrogens with two attached hydrogens (primary N) is 1. The molecule has 0 aliphatic carbocycles. The van der Waals surface area contributed by atoms with Crippen LogP contribution in [0.3, 0.4) is 0 Å². The molecule has 2 N–H and O–H groups in total. The van der Waals surface area contributed by atoms with Gasteiger partial charge < -0.3 is 5.73 Å². The van der Waals surface area contributed by atoms with Crippen molar-refractivity contribution in [2.45, 2.75) is 26.8 Å². The van der Waals surface area contributed by atoms with Crippen LogP contribution in [0.4, 0.5) is 0 Å². The van der Waals surface area contributed by atoms with Crippen LogP contribution < -0.4 is 5.73 Å². The third-order valence-corrected chi connectivity index (χ3v) is 2.21. The summed E-state index contributed by atoms with van der Waals surface area (Å²) in [6.07, 6.45) is 5.23. The number of hydrogen-bond donors (Lipinski definition) is 1. The Morgan fingerprint density at radius 1 is 1.50 bits per heavy atom. The zero-order chi connectivity index (χ0) is 9.56. The van der Waals surface area contributed by atoms with E-state index in [0.29, 0.717) is 5.92 Å². The van der Waals surface area contributed by atoms with Gasteiger partial charge in [-0.1, -0.05) is 19.8 Å². The summed E-state index contributed by atoms with van der Waals surface area (Å²) in [5.74, 6) is 3.16. The summed E-state index contributed by atoms with van der Waals surface area (Å²) in [6.45, 7) is 9.04. The van der Waals surface area contributed by atoms with Crippen molar-refractivity contribution in [3.8, 4) is 12.3 Å². The van der Waals surface area contributed by atoms with Crippen LogP contribution in [0.1, 0.15) is 20.8 Å². The maximum Gasteiger partial charge on any atom is 0.0598 e.